The zero-order valence-corrected chi connectivity index (χ0v) is 18.1. The van der Waals surface area contributed by atoms with Crippen LogP contribution in [0.3, 0.4) is 0 Å². The summed E-state index contributed by atoms with van der Waals surface area (Å²) in [5, 5.41) is 4.24. The second-order valence-electron chi connectivity index (χ2n) is 7.85. The number of nitrogens with one attached hydrogen (secondary N) is 1. The number of nitrogens with zero attached hydrogens (tertiary/aromatic N) is 1. The quantitative estimate of drug-likeness (QED) is 0.429. The van der Waals surface area contributed by atoms with E-state index in [2.05, 4.69) is 71.5 Å². The zero-order chi connectivity index (χ0) is 21.6. The molecule has 4 heteroatoms. The van der Waals surface area contributed by atoms with Gasteiger partial charge in [-0.15, -0.1) is 0 Å². The van der Waals surface area contributed by atoms with Gasteiger partial charge in [0.25, 0.3) is 0 Å². The second kappa shape index (κ2) is 9.52. The fourth-order valence-electron chi connectivity index (χ4n) is 3.94. The van der Waals surface area contributed by atoms with Gasteiger partial charge in [-0.2, -0.15) is 0 Å². The Bertz CT molecular complexity index is 1190. The van der Waals surface area contributed by atoms with Gasteiger partial charge in [-0.05, 0) is 53.8 Å². The van der Waals surface area contributed by atoms with Crippen LogP contribution < -0.4 is 10.1 Å². The number of fused-ring (bicyclic) bond motifs is 1. The molecule has 0 bridgehead atoms. The van der Waals surface area contributed by atoms with Crippen molar-refractivity contribution in [2.24, 2.45) is 0 Å². The van der Waals surface area contributed by atoms with Gasteiger partial charge >= 0.3 is 0 Å². The van der Waals surface area contributed by atoms with E-state index < -0.39 is 0 Å². The molecule has 4 aromatic rings. The normalized spacial score (nSPS) is 10.9. The maximum absolute atomic E-state index is 12.5. The summed E-state index contributed by atoms with van der Waals surface area (Å²) < 4.78 is 7.54. The molecule has 4 nitrogen and oxygen atoms in total. The van der Waals surface area contributed by atoms with Crippen LogP contribution in [0.15, 0.2) is 79.0 Å². The van der Waals surface area contributed by atoms with E-state index in [1.165, 1.54) is 27.6 Å². The average molecular weight is 413 g/mol. The van der Waals surface area contributed by atoms with Gasteiger partial charge in [0.1, 0.15) is 5.75 Å². The van der Waals surface area contributed by atoms with Crippen molar-refractivity contribution in [2.75, 3.05) is 7.11 Å². The van der Waals surface area contributed by atoms with Crippen molar-refractivity contribution in [1.29, 1.82) is 0 Å². The van der Waals surface area contributed by atoms with Gasteiger partial charge in [0.15, 0.2) is 0 Å². The molecular weight excluding hydrogens is 384 g/mol. The second-order valence-corrected chi connectivity index (χ2v) is 7.85. The lowest BCUT2D eigenvalue weighted by atomic mass is 10.1. The van der Waals surface area contributed by atoms with E-state index in [1.807, 2.05) is 24.3 Å². The Morgan fingerprint density at radius 2 is 1.77 bits per heavy atom. The van der Waals surface area contributed by atoms with Crippen LogP contribution in [-0.2, 0) is 24.3 Å². The largest absolute Gasteiger partial charge is 0.497 e. The molecule has 0 spiro atoms. The number of benzene rings is 3. The first-order valence-corrected chi connectivity index (χ1v) is 10.6. The Morgan fingerprint density at radius 3 is 2.61 bits per heavy atom. The van der Waals surface area contributed by atoms with Crippen LogP contribution in [0.2, 0.25) is 0 Å². The van der Waals surface area contributed by atoms with Crippen molar-refractivity contribution in [3.05, 3.63) is 101 Å². The fraction of sp³-hybridized carbons (Fsp3) is 0.222. The summed E-state index contributed by atoms with van der Waals surface area (Å²) >= 11 is 0. The molecule has 4 rings (SSSR count). The number of ether oxygens (including phenoxy) is 1. The zero-order valence-electron chi connectivity index (χ0n) is 18.1. The summed E-state index contributed by atoms with van der Waals surface area (Å²) in [5.74, 6) is 0.853. The Hall–Kier alpha value is -3.53. The first-order valence-electron chi connectivity index (χ1n) is 10.6. The lowest BCUT2D eigenvalue weighted by molar-refractivity contribution is -0.121. The minimum Gasteiger partial charge on any atom is -0.497 e. The summed E-state index contributed by atoms with van der Waals surface area (Å²) in [6, 6.07) is 24.7. The Kier molecular flexibility index (Phi) is 6.37. The summed E-state index contributed by atoms with van der Waals surface area (Å²) in [7, 11) is 1.65. The number of para-hydroxylation sites is 1. The highest BCUT2D eigenvalue weighted by atomic mass is 16.5. The molecule has 31 heavy (non-hydrogen) atoms. The van der Waals surface area contributed by atoms with E-state index in [0.29, 0.717) is 19.4 Å². The fourth-order valence-corrected chi connectivity index (χ4v) is 3.94. The molecule has 1 aromatic heterocycles. The van der Waals surface area contributed by atoms with Crippen LogP contribution in [0.5, 0.6) is 5.75 Å². The van der Waals surface area contributed by atoms with E-state index in [1.54, 1.807) is 7.11 Å². The third-order valence-corrected chi connectivity index (χ3v) is 5.72. The molecule has 1 N–H and O–H groups in total. The minimum absolute atomic E-state index is 0.0542. The number of methoxy groups -OCH3 is 1. The number of carbonyl (C=O) groups is 1. The molecule has 0 aliphatic carbocycles. The Morgan fingerprint density at radius 1 is 0.968 bits per heavy atom. The van der Waals surface area contributed by atoms with Crippen molar-refractivity contribution < 1.29 is 9.53 Å². The highest BCUT2D eigenvalue weighted by molar-refractivity contribution is 5.85. The monoisotopic (exact) mass is 412 g/mol. The highest BCUT2D eigenvalue weighted by Gasteiger charge is 2.11. The third-order valence-electron chi connectivity index (χ3n) is 5.72. The number of hydrogen-bond donors (Lipinski definition) is 1. The standard InChI is InChI=1S/C27H28N2O2/c1-20-8-3-4-10-22(20)18-29-19-23(25-12-5-6-13-26(25)29)14-15-27(30)28-17-21-9-7-11-24(16-21)31-2/h3-13,16,19H,14-15,17-18H2,1-2H3,(H,28,30). The van der Waals surface area contributed by atoms with Gasteiger partial charge in [-0.1, -0.05) is 54.6 Å². The predicted molar refractivity (Wildman–Crippen MR) is 125 cm³/mol. The molecule has 3 aromatic carbocycles. The van der Waals surface area contributed by atoms with Crippen molar-refractivity contribution in [3.63, 3.8) is 0 Å². The van der Waals surface area contributed by atoms with E-state index in [-0.39, 0.29) is 5.91 Å². The molecule has 0 aliphatic rings. The number of aromatic nitrogens is 1. The molecule has 0 aliphatic heterocycles. The summed E-state index contributed by atoms with van der Waals surface area (Å²) in [6.45, 7) is 3.48. The Balaban J connectivity index is 1.43. The van der Waals surface area contributed by atoms with Gasteiger partial charge < -0.3 is 14.6 Å². The van der Waals surface area contributed by atoms with Crippen LogP contribution in [0, 0.1) is 6.92 Å². The topological polar surface area (TPSA) is 43.3 Å². The summed E-state index contributed by atoms with van der Waals surface area (Å²) in [4.78, 5) is 12.5. The molecule has 0 saturated heterocycles. The van der Waals surface area contributed by atoms with Crippen molar-refractivity contribution in [1.82, 2.24) is 9.88 Å². The maximum atomic E-state index is 12.5. The molecule has 1 heterocycles. The number of carbonyl (C=O) groups excluding carboxylic acids is 1. The Labute approximate surface area is 183 Å². The molecule has 0 fully saturated rings. The van der Waals surface area contributed by atoms with Crippen molar-refractivity contribution in [2.45, 2.75) is 32.9 Å². The first kappa shape index (κ1) is 20.7. The number of rotatable bonds is 8. The molecular formula is C27H28N2O2. The SMILES string of the molecule is COc1cccc(CNC(=O)CCc2cn(Cc3ccccc3C)c3ccccc23)c1. The highest BCUT2D eigenvalue weighted by Crippen LogP contribution is 2.24. The third kappa shape index (κ3) is 4.97. The van der Waals surface area contributed by atoms with Gasteiger partial charge in [-0.25, -0.2) is 0 Å². The molecule has 0 unspecified atom stereocenters. The van der Waals surface area contributed by atoms with Crippen molar-refractivity contribution >= 4 is 16.8 Å². The van der Waals surface area contributed by atoms with Crippen LogP contribution in [-0.4, -0.2) is 17.6 Å². The maximum Gasteiger partial charge on any atom is 0.220 e. The van der Waals surface area contributed by atoms with E-state index >= 15 is 0 Å². The molecule has 1 amide bonds. The average Bonchev–Trinajstić information content (AvgIpc) is 3.15. The minimum atomic E-state index is 0.0542. The van der Waals surface area contributed by atoms with Gasteiger partial charge in [-0.3, -0.25) is 4.79 Å². The van der Waals surface area contributed by atoms with Gasteiger partial charge in [0.2, 0.25) is 5.91 Å². The van der Waals surface area contributed by atoms with E-state index in [0.717, 1.165) is 17.9 Å². The molecule has 158 valence electrons. The van der Waals surface area contributed by atoms with E-state index in [4.69, 9.17) is 4.74 Å². The van der Waals surface area contributed by atoms with Crippen LogP contribution >= 0.6 is 0 Å². The smallest absolute Gasteiger partial charge is 0.220 e. The lowest BCUT2D eigenvalue weighted by Gasteiger charge is -2.08. The van der Waals surface area contributed by atoms with Crippen LogP contribution in [0.25, 0.3) is 10.9 Å². The number of hydrogen-bond acceptors (Lipinski definition) is 2. The number of aryl methyl sites for hydroxylation is 2. The predicted octanol–water partition coefficient (Wildman–Crippen LogP) is 5.26. The summed E-state index contributed by atoms with van der Waals surface area (Å²) in [6.07, 6.45) is 3.38. The summed E-state index contributed by atoms with van der Waals surface area (Å²) in [5.41, 5.74) is 6.05. The molecule has 0 saturated carbocycles. The lowest BCUT2D eigenvalue weighted by Crippen LogP contribution is -2.22. The van der Waals surface area contributed by atoms with Crippen LogP contribution in [0.1, 0.15) is 28.7 Å². The number of amides is 1. The van der Waals surface area contributed by atoms with Crippen LogP contribution in [0.4, 0.5) is 0 Å². The first-order chi connectivity index (χ1) is 15.1. The molecule has 0 atom stereocenters. The van der Waals surface area contributed by atoms with E-state index in [9.17, 15) is 4.79 Å². The van der Waals surface area contributed by atoms with Gasteiger partial charge in [0, 0.05) is 36.6 Å². The molecule has 0 radical (unpaired) electrons. The van der Waals surface area contributed by atoms with Gasteiger partial charge in [0.05, 0.1) is 7.11 Å². The van der Waals surface area contributed by atoms with Crippen molar-refractivity contribution in [3.8, 4) is 5.75 Å².